The Kier molecular flexibility index (Phi) is 8.90. The minimum absolute atomic E-state index is 0.0487. The highest BCUT2D eigenvalue weighted by Gasteiger charge is 2.36. The molecule has 1 rings (SSSR count). The molecule has 0 heterocycles. The number of esters is 1. The molecule has 1 N–H and O–H groups in total. The predicted molar refractivity (Wildman–Crippen MR) is 117 cm³/mol. The van der Waals surface area contributed by atoms with Gasteiger partial charge in [0, 0.05) is 6.54 Å². The maximum atomic E-state index is 12.8. The number of amides is 2. The summed E-state index contributed by atoms with van der Waals surface area (Å²) in [4.78, 5) is 38.6. The summed E-state index contributed by atoms with van der Waals surface area (Å²) in [6.45, 7) is 13.7. The average molecular weight is 437 g/mol. The van der Waals surface area contributed by atoms with E-state index < -0.39 is 34.9 Å². The molecule has 0 aliphatic rings. The summed E-state index contributed by atoms with van der Waals surface area (Å²) < 4.78 is 16.0. The summed E-state index contributed by atoms with van der Waals surface area (Å²) in [7, 11) is 0. The summed E-state index contributed by atoms with van der Waals surface area (Å²) in [5.74, 6) is -0.583. The van der Waals surface area contributed by atoms with E-state index in [0.29, 0.717) is 0 Å². The van der Waals surface area contributed by atoms with E-state index >= 15 is 0 Å². The zero-order valence-electron chi connectivity index (χ0n) is 19.9. The molecular formula is C23H36N2O6. The number of ether oxygens (including phenoxy) is 3. The number of benzene rings is 1. The first kappa shape index (κ1) is 26.3. The number of rotatable bonds is 7. The molecule has 2 amide bonds. The standard InChI is InChI=1S/C23H36N2O6/c1-21(2,3)30-19(27)24-16-23(7,8)25(20(28)31-22(4,5)6)14-18(26)29-15-17-12-10-9-11-13-17/h9-13H,14-16H2,1-8H3,(H,24,27). The normalized spacial score (nSPS) is 12.0. The summed E-state index contributed by atoms with van der Waals surface area (Å²) in [5, 5.41) is 2.65. The molecule has 0 radical (unpaired) electrons. The summed E-state index contributed by atoms with van der Waals surface area (Å²) in [6.07, 6.45) is -1.29. The van der Waals surface area contributed by atoms with Crippen molar-refractivity contribution in [3.05, 3.63) is 35.9 Å². The average Bonchev–Trinajstić information content (AvgIpc) is 2.60. The van der Waals surface area contributed by atoms with Crippen LogP contribution in [0.2, 0.25) is 0 Å². The van der Waals surface area contributed by atoms with Crippen LogP contribution in [0.1, 0.15) is 61.0 Å². The fourth-order valence-electron chi connectivity index (χ4n) is 2.45. The highest BCUT2D eigenvalue weighted by molar-refractivity contribution is 5.79. The Bertz CT molecular complexity index is 748. The first-order chi connectivity index (χ1) is 14.1. The van der Waals surface area contributed by atoms with E-state index in [0.717, 1.165) is 5.56 Å². The van der Waals surface area contributed by atoms with Gasteiger partial charge in [-0.2, -0.15) is 0 Å². The second-order valence-corrected chi connectivity index (χ2v) is 9.88. The number of nitrogens with zero attached hydrogens (tertiary/aromatic N) is 1. The van der Waals surface area contributed by atoms with E-state index in [1.165, 1.54) is 4.90 Å². The van der Waals surface area contributed by atoms with Crippen molar-refractivity contribution in [2.45, 2.75) is 78.7 Å². The first-order valence-corrected chi connectivity index (χ1v) is 10.3. The minimum atomic E-state index is -0.953. The van der Waals surface area contributed by atoms with Crippen LogP contribution < -0.4 is 5.32 Å². The van der Waals surface area contributed by atoms with Crippen molar-refractivity contribution in [2.75, 3.05) is 13.1 Å². The Morgan fingerprint density at radius 3 is 1.94 bits per heavy atom. The molecule has 0 spiro atoms. The summed E-state index contributed by atoms with van der Waals surface area (Å²) in [6, 6.07) is 9.25. The third-order valence-corrected chi connectivity index (χ3v) is 3.94. The van der Waals surface area contributed by atoms with Gasteiger partial charge in [0.25, 0.3) is 0 Å². The van der Waals surface area contributed by atoms with Gasteiger partial charge in [0.1, 0.15) is 24.4 Å². The summed E-state index contributed by atoms with van der Waals surface area (Å²) >= 11 is 0. The Balaban J connectivity index is 2.87. The van der Waals surface area contributed by atoms with Gasteiger partial charge in [-0.15, -0.1) is 0 Å². The molecule has 1 aromatic rings. The lowest BCUT2D eigenvalue weighted by atomic mass is 10.0. The molecule has 31 heavy (non-hydrogen) atoms. The second-order valence-electron chi connectivity index (χ2n) is 9.88. The van der Waals surface area contributed by atoms with Crippen LogP contribution in [-0.4, -0.2) is 52.9 Å². The van der Waals surface area contributed by atoms with Gasteiger partial charge in [-0.05, 0) is 61.0 Å². The third kappa shape index (κ3) is 10.7. The molecule has 0 saturated heterocycles. The van der Waals surface area contributed by atoms with Gasteiger partial charge in [-0.1, -0.05) is 30.3 Å². The molecule has 8 nitrogen and oxygen atoms in total. The number of nitrogens with one attached hydrogen (secondary N) is 1. The third-order valence-electron chi connectivity index (χ3n) is 3.94. The minimum Gasteiger partial charge on any atom is -0.459 e. The Morgan fingerprint density at radius 2 is 1.42 bits per heavy atom. The van der Waals surface area contributed by atoms with E-state index in [2.05, 4.69) is 5.32 Å². The van der Waals surface area contributed by atoms with Crippen molar-refractivity contribution >= 4 is 18.2 Å². The van der Waals surface area contributed by atoms with Crippen molar-refractivity contribution in [3.63, 3.8) is 0 Å². The van der Waals surface area contributed by atoms with E-state index in [-0.39, 0.29) is 19.7 Å². The van der Waals surface area contributed by atoms with Gasteiger partial charge >= 0.3 is 18.2 Å². The van der Waals surface area contributed by atoms with Crippen LogP contribution in [0.5, 0.6) is 0 Å². The lowest BCUT2D eigenvalue weighted by molar-refractivity contribution is -0.147. The Morgan fingerprint density at radius 1 is 0.871 bits per heavy atom. The van der Waals surface area contributed by atoms with Crippen LogP contribution >= 0.6 is 0 Å². The quantitative estimate of drug-likeness (QED) is 0.507. The molecule has 0 aliphatic carbocycles. The number of carbonyl (C=O) groups is 3. The lowest BCUT2D eigenvalue weighted by Crippen LogP contribution is -2.57. The van der Waals surface area contributed by atoms with Crippen molar-refractivity contribution in [3.8, 4) is 0 Å². The van der Waals surface area contributed by atoms with Gasteiger partial charge in [-0.3, -0.25) is 9.69 Å². The highest BCUT2D eigenvalue weighted by Crippen LogP contribution is 2.19. The molecule has 0 atom stereocenters. The van der Waals surface area contributed by atoms with Gasteiger partial charge in [-0.25, -0.2) is 9.59 Å². The molecule has 8 heteroatoms. The van der Waals surface area contributed by atoms with E-state index in [4.69, 9.17) is 14.2 Å². The molecule has 174 valence electrons. The van der Waals surface area contributed by atoms with Crippen LogP contribution in [0, 0.1) is 0 Å². The Labute approximate surface area is 185 Å². The molecule has 0 aliphatic heterocycles. The van der Waals surface area contributed by atoms with Crippen LogP contribution in [-0.2, 0) is 25.6 Å². The highest BCUT2D eigenvalue weighted by atomic mass is 16.6. The topological polar surface area (TPSA) is 94.2 Å². The van der Waals surface area contributed by atoms with E-state index in [1.54, 1.807) is 55.4 Å². The zero-order valence-corrected chi connectivity index (χ0v) is 19.9. The molecule has 0 fully saturated rings. The van der Waals surface area contributed by atoms with Gasteiger partial charge in [0.05, 0.1) is 5.54 Å². The maximum Gasteiger partial charge on any atom is 0.411 e. The SMILES string of the molecule is CC(C)(C)OC(=O)NCC(C)(C)N(CC(=O)OCc1ccccc1)C(=O)OC(C)(C)C. The number of alkyl carbamates (subject to hydrolysis) is 1. The van der Waals surface area contributed by atoms with Crippen LogP contribution in [0.3, 0.4) is 0 Å². The van der Waals surface area contributed by atoms with Crippen LogP contribution in [0.4, 0.5) is 9.59 Å². The fraction of sp³-hybridized carbons (Fsp3) is 0.609. The van der Waals surface area contributed by atoms with Crippen molar-refractivity contribution in [2.24, 2.45) is 0 Å². The van der Waals surface area contributed by atoms with E-state index in [9.17, 15) is 14.4 Å². The molecule has 0 unspecified atom stereocenters. The largest absolute Gasteiger partial charge is 0.459 e. The fourth-order valence-corrected chi connectivity index (χ4v) is 2.45. The molecule has 1 aromatic carbocycles. The van der Waals surface area contributed by atoms with Gasteiger partial charge in [0.15, 0.2) is 0 Å². The van der Waals surface area contributed by atoms with Crippen molar-refractivity contribution in [1.82, 2.24) is 10.2 Å². The molecule has 0 bridgehead atoms. The molecule has 0 saturated carbocycles. The number of hydrogen-bond acceptors (Lipinski definition) is 6. The van der Waals surface area contributed by atoms with Gasteiger partial charge in [0.2, 0.25) is 0 Å². The smallest absolute Gasteiger partial charge is 0.411 e. The molecule has 0 aromatic heterocycles. The van der Waals surface area contributed by atoms with E-state index in [1.807, 2.05) is 30.3 Å². The Hall–Kier alpha value is -2.77. The van der Waals surface area contributed by atoms with Crippen molar-refractivity contribution in [1.29, 1.82) is 0 Å². The second kappa shape index (κ2) is 10.5. The van der Waals surface area contributed by atoms with Crippen LogP contribution in [0.25, 0.3) is 0 Å². The van der Waals surface area contributed by atoms with Gasteiger partial charge < -0.3 is 19.5 Å². The maximum absolute atomic E-state index is 12.8. The number of carbonyl (C=O) groups excluding carboxylic acids is 3. The first-order valence-electron chi connectivity index (χ1n) is 10.3. The monoisotopic (exact) mass is 436 g/mol. The van der Waals surface area contributed by atoms with Crippen LogP contribution in [0.15, 0.2) is 30.3 Å². The van der Waals surface area contributed by atoms with Crippen molar-refractivity contribution < 1.29 is 28.6 Å². The molecular weight excluding hydrogens is 400 g/mol. The zero-order chi connectivity index (χ0) is 23.9. The lowest BCUT2D eigenvalue weighted by Gasteiger charge is -2.38. The predicted octanol–water partition coefficient (Wildman–Crippen LogP) is 4.27. The summed E-state index contributed by atoms with van der Waals surface area (Å²) in [5.41, 5.74) is -1.52. The number of hydrogen-bond donors (Lipinski definition) is 1.